The second-order valence-electron chi connectivity index (χ2n) is 4.54. The van der Waals surface area contributed by atoms with Crippen LogP contribution >= 0.6 is 11.3 Å². The highest BCUT2D eigenvalue weighted by Gasteiger charge is 2.08. The van der Waals surface area contributed by atoms with Crippen LogP contribution in [0.3, 0.4) is 0 Å². The SMILES string of the molecule is CCOc1cc(N)cc(NC(C)c2ccc(C)s2)c1. The number of rotatable bonds is 5. The van der Waals surface area contributed by atoms with Crippen molar-refractivity contribution in [3.63, 3.8) is 0 Å². The summed E-state index contributed by atoms with van der Waals surface area (Å²) in [6, 6.07) is 10.3. The minimum Gasteiger partial charge on any atom is -0.494 e. The number of ether oxygens (including phenoxy) is 1. The van der Waals surface area contributed by atoms with Crippen molar-refractivity contribution in [2.75, 3.05) is 17.7 Å². The summed E-state index contributed by atoms with van der Waals surface area (Å²) in [5.41, 5.74) is 7.59. The van der Waals surface area contributed by atoms with E-state index >= 15 is 0 Å². The highest BCUT2D eigenvalue weighted by molar-refractivity contribution is 7.12. The Kier molecular flexibility index (Phi) is 4.32. The van der Waals surface area contributed by atoms with E-state index in [1.807, 2.05) is 36.5 Å². The van der Waals surface area contributed by atoms with Crippen LogP contribution in [0.25, 0.3) is 0 Å². The van der Waals surface area contributed by atoms with Crippen molar-refractivity contribution in [1.82, 2.24) is 0 Å². The number of thiophene rings is 1. The van der Waals surface area contributed by atoms with Gasteiger partial charge < -0.3 is 15.8 Å². The van der Waals surface area contributed by atoms with E-state index in [1.165, 1.54) is 9.75 Å². The van der Waals surface area contributed by atoms with E-state index < -0.39 is 0 Å². The number of hydrogen-bond donors (Lipinski definition) is 2. The monoisotopic (exact) mass is 276 g/mol. The molecule has 102 valence electrons. The molecule has 2 rings (SSSR count). The quantitative estimate of drug-likeness (QED) is 0.804. The van der Waals surface area contributed by atoms with Gasteiger partial charge in [0.1, 0.15) is 5.75 Å². The van der Waals surface area contributed by atoms with Gasteiger partial charge in [-0.15, -0.1) is 11.3 Å². The van der Waals surface area contributed by atoms with E-state index in [1.54, 1.807) is 0 Å². The summed E-state index contributed by atoms with van der Waals surface area (Å²) in [6.07, 6.45) is 0. The molecule has 1 heterocycles. The van der Waals surface area contributed by atoms with Crippen molar-refractivity contribution >= 4 is 22.7 Å². The molecule has 1 atom stereocenters. The van der Waals surface area contributed by atoms with Crippen molar-refractivity contribution in [2.45, 2.75) is 26.8 Å². The lowest BCUT2D eigenvalue weighted by molar-refractivity contribution is 0.340. The minimum absolute atomic E-state index is 0.259. The van der Waals surface area contributed by atoms with Gasteiger partial charge in [-0.1, -0.05) is 0 Å². The Balaban J connectivity index is 2.14. The molecule has 0 saturated heterocycles. The Morgan fingerprint density at radius 3 is 2.74 bits per heavy atom. The van der Waals surface area contributed by atoms with E-state index in [-0.39, 0.29) is 6.04 Å². The van der Waals surface area contributed by atoms with Crippen molar-refractivity contribution < 1.29 is 4.74 Å². The van der Waals surface area contributed by atoms with Crippen molar-refractivity contribution in [3.8, 4) is 5.75 Å². The first-order valence-corrected chi connectivity index (χ1v) is 7.26. The first-order chi connectivity index (χ1) is 9.08. The maximum absolute atomic E-state index is 5.89. The van der Waals surface area contributed by atoms with Crippen LogP contribution in [-0.4, -0.2) is 6.61 Å². The van der Waals surface area contributed by atoms with Crippen LogP contribution in [-0.2, 0) is 0 Å². The zero-order chi connectivity index (χ0) is 13.8. The number of aryl methyl sites for hydroxylation is 1. The molecule has 19 heavy (non-hydrogen) atoms. The maximum atomic E-state index is 5.89. The summed E-state index contributed by atoms with van der Waals surface area (Å²) in [7, 11) is 0. The number of anilines is 2. The largest absolute Gasteiger partial charge is 0.494 e. The van der Waals surface area contributed by atoms with E-state index in [4.69, 9.17) is 10.5 Å². The summed E-state index contributed by atoms with van der Waals surface area (Å²) in [4.78, 5) is 2.64. The number of nitrogens with two attached hydrogens (primary N) is 1. The Labute approximate surface area is 118 Å². The standard InChI is InChI=1S/C15H20N2OS/c1-4-18-14-8-12(16)7-13(9-14)17-11(3)15-6-5-10(2)19-15/h5-9,11,17H,4,16H2,1-3H3. The molecule has 0 fully saturated rings. The smallest absolute Gasteiger partial charge is 0.123 e. The highest BCUT2D eigenvalue weighted by Crippen LogP contribution is 2.28. The molecule has 1 unspecified atom stereocenters. The molecule has 3 nitrogen and oxygen atoms in total. The van der Waals surface area contributed by atoms with Crippen LogP contribution in [0.4, 0.5) is 11.4 Å². The molecule has 0 radical (unpaired) electrons. The van der Waals surface area contributed by atoms with Gasteiger partial charge in [-0.05, 0) is 39.0 Å². The summed E-state index contributed by atoms with van der Waals surface area (Å²) in [6.45, 7) is 6.87. The third-order valence-corrected chi connectivity index (χ3v) is 3.99. The molecular weight excluding hydrogens is 256 g/mol. The Hall–Kier alpha value is -1.68. The summed E-state index contributed by atoms with van der Waals surface area (Å²) < 4.78 is 5.50. The zero-order valence-electron chi connectivity index (χ0n) is 11.6. The molecule has 0 bridgehead atoms. The van der Waals surface area contributed by atoms with Crippen LogP contribution in [0.15, 0.2) is 30.3 Å². The summed E-state index contributed by atoms with van der Waals surface area (Å²) in [5, 5.41) is 3.46. The van der Waals surface area contributed by atoms with Crippen LogP contribution in [0.5, 0.6) is 5.75 Å². The van der Waals surface area contributed by atoms with Gasteiger partial charge in [-0.3, -0.25) is 0 Å². The molecule has 0 aliphatic heterocycles. The topological polar surface area (TPSA) is 47.3 Å². The Morgan fingerprint density at radius 2 is 2.11 bits per heavy atom. The van der Waals surface area contributed by atoms with Gasteiger partial charge in [0.05, 0.1) is 12.6 Å². The number of nitrogen functional groups attached to an aromatic ring is 1. The van der Waals surface area contributed by atoms with E-state index in [0.29, 0.717) is 12.3 Å². The van der Waals surface area contributed by atoms with E-state index in [9.17, 15) is 0 Å². The number of hydrogen-bond acceptors (Lipinski definition) is 4. The van der Waals surface area contributed by atoms with Crippen molar-refractivity contribution in [2.24, 2.45) is 0 Å². The third-order valence-electron chi connectivity index (χ3n) is 2.81. The molecule has 0 saturated carbocycles. The summed E-state index contributed by atoms with van der Waals surface area (Å²) >= 11 is 1.81. The average Bonchev–Trinajstić information content (AvgIpc) is 2.75. The lowest BCUT2D eigenvalue weighted by Gasteiger charge is -2.15. The van der Waals surface area contributed by atoms with E-state index in [0.717, 1.165) is 11.4 Å². The highest BCUT2D eigenvalue weighted by atomic mass is 32.1. The second kappa shape index (κ2) is 5.97. The van der Waals surface area contributed by atoms with Gasteiger partial charge >= 0.3 is 0 Å². The van der Waals surface area contributed by atoms with Crippen LogP contribution in [0.2, 0.25) is 0 Å². The van der Waals surface area contributed by atoms with Gasteiger partial charge in [0.25, 0.3) is 0 Å². The molecule has 3 N–H and O–H groups in total. The maximum Gasteiger partial charge on any atom is 0.123 e. The van der Waals surface area contributed by atoms with Gasteiger partial charge in [0.2, 0.25) is 0 Å². The van der Waals surface area contributed by atoms with Gasteiger partial charge in [-0.25, -0.2) is 0 Å². The fourth-order valence-corrected chi connectivity index (χ4v) is 2.84. The molecule has 4 heteroatoms. The van der Waals surface area contributed by atoms with Gasteiger partial charge in [0.15, 0.2) is 0 Å². The van der Waals surface area contributed by atoms with Gasteiger partial charge in [0, 0.05) is 33.3 Å². The predicted molar refractivity (Wildman–Crippen MR) is 83.1 cm³/mol. The molecule has 0 aliphatic rings. The molecule has 0 amide bonds. The number of benzene rings is 1. The van der Waals surface area contributed by atoms with Crippen LogP contribution in [0.1, 0.15) is 29.6 Å². The minimum atomic E-state index is 0.259. The molecule has 1 aromatic carbocycles. The second-order valence-corrected chi connectivity index (χ2v) is 5.86. The van der Waals surface area contributed by atoms with Crippen LogP contribution < -0.4 is 15.8 Å². The first-order valence-electron chi connectivity index (χ1n) is 6.44. The fraction of sp³-hybridized carbons (Fsp3) is 0.333. The average molecular weight is 276 g/mol. The molecular formula is C15H20N2OS. The van der Waals surface area contributed by atoms with E-state index in [2.05, 4.69) is 31.3 Å². The lowest BCUT2D eigenvalue weighted by atomic mass is 10.2. The Bertz CT molecular complexity index is 551. The van der Waals surface area contributed by atoms with Crippen LogP contribution in [0, 0.1) is 6.92 Å². The Morgan fingerprint density at radius 1 is 1.32 bits per heavy atom. The lowest BCUT2D eigenvalue weighted by Crippen LogP contribution is -2.05. The first kappa shape index (κ1) is 13.7. The summed E-state index contributed by atoms with van der Waals surface area (Å²) in [5.74, 6) is 0.805. The molecule has 1 aromatic heterocycles. The molecule has 0 spiro atoms. The van der Waals surface area contributed by atoms with Crippen molar-refractivity contribution in [1.29, 1.82) is 0 Å². The predicted octanol–water partition coefficient (Wildman–Crippen LogP) is 4.21. The van der Waals surface area contributed by atoms with Gasteiger partial charge in [-0.2, -0.15) is 0 Å². The zero-order valence-corrected chi connectivity index (χ0v) is 12.4. The third kappa shape index (κ3) is 3.64. The number of nitrogens with one attached hydrogen (secondary N) is 1. The fourth-order valence-electron chi connectivity index (χ4n) is 1.96. The normalized spacial score (nSPS) is 12.2. The molecule has 0 aliphatic carbocycles. The van der Waals surface area contributed by atoms with Crippen molar-refractivity contribution in [3.05, 3.63) is 40.1 Å². The molecule has 2 aromatic rings.